The van der Waals surface area contributed by atoms with Crippen LogP contribution >= 0.6 is 0 Å². The van der Waals surface area contributed by atoms with Crippen molar-refractivity contribution in [1.82, 2.24) is 15.6 Å². The highest BCUT2D eigenvalue weighted by molar-refractivity contribution is 5.85. The van der Waals surface area contributed by atoms with Crippen molar-refractivity contribution in [3.05, 3.63) is 35.5 Å². The van der Waals surface area contributed by atoms with Gasteiger partial charge in [0.1, 0.15) is 0 Å². The lowest BCUT2D eigenvalue weighted by molar-refractivity contribution is -0.122. The Morgan fingerprint density at radius 1 is 1.14 bits per heavy atom. The van der Waals surface area contributed by atoms with Crippen LogP contribution in [-0.2, 0) is 11.2 Å². The molecule has 21 heavy (non-hydrogen) atoms. The molecule has 2 aliphatic rings. The summed E-state index contributed by atoms with van der Waals surface area (Å²) in [6.07, 6.45) is 5.15. The van der Waals surface area contributed by atoms with E-state index in [-0.39, 0.29) is 5.91 Å². The van der Waals surface area contributed by atoms with Gasteiger partial charge in [-0.3, -0.25) is 4.79 Å². The Bertz CT molecular complexity index is 666. The number of H-pyrrole nitrogens is 1. The first-order valence-corrected chi connectivity index (χ1v) is 7.93. The van der Waals surface area contributed by atoms with E-state index in [1.165, 1.54) is 41.4 Å². The summed E-state index contributed by atoms with van der Waals surface area (Å²) in [5.74, 6) is 0.183. The third-order valence-electron chi connectivity index (χ3n) is 4.82. The predicted octanol–water partition coefficient (Wildman–Crippen LogP) is 2.41. The van der Waals surface area contributed by atoms with E-state index in [1.807, 2.05) is 0 Å². The number of rotatable bonds is 2. The highest BCUT2D eigenvalue weighted by Crippen LogP contribution is 2.35. The minimum atomic E-state index is 0.183. The van der Waals surface area contributed by atoms with Crippen LogP contribution in [0.1, 0.15) is 43.0 Å². The number of benzene rings is 1. The summed E-state index contributed by atoms with van der Waals surface area (Å²) in [7, 11) is 0. The second-order valence-corrected chi connectivity index (χ2v) is 6.21. The molecule has 1 aliphatic heterocycles. The summed E-state index contributed by atoms with van der Waals surface area (Å²) in [4.78, 5) is 14.9. The van der Waals surface area contributed by atoms with Crippen molar-refractivity contribution < 1.29 is 4.79 Å². The quantitative estimate of drug-likeness (QED) is 0.793. The molecule has 2 aromatic rings. The Hall–Kier alpha value is -1.81. The van der Waals surface area contributed by atoms with E-state index >= 15 is 0 Å². The summed E-state index contributed by atoms with van der Waals surface area (Å²) in [6.45, 7) is 0.755. The van der Waals surface area contributed by atoms with Crippen LogP contribution in [0.3, 0.4) is 0 Å². The second kappa shape index (κ2) is 5.19. The molecule has 0 saturated carbocycles. The number of para-hydroxylation sites is 1. The Kier molecular flexibility index (Phi) is 3.19. The number of nitrogens with one attached hydrogen (secondary N) is 3. The largest absolute Gasteiger partial charge is 0.357 e. The number of aromatic amines is 1. The zero-order valence-electron chi connectivity index (χ0n) is 12.1. The first-order valence-electron chi connectivity index (χ1n) is 7.93. The maximum Gasteiger partial charge on any atom is 0.220 e. The number of hydrogen-bond acceptors (Lipinski definition) is 2. The third-order valence-corrected chi connectivity index (χ3v) is 4.82. The van der Waals surface area contributed by atoms with E-state index in [0.29, 0.717) is 18.5 Å². The van der Waals surface area contributed by atoms with E-state index in [4.69, 9.17) is 0 Å². The van der Waals surface area contributed by atoms with Gasteiger partial charge in [0, 0.05) is 41.6 Å². The first-order chi connectivity index (χ1) is 10.3. The maximum atomic E-state index is 11.3. The van der Waals surface area contributed by atoms with Crippen LogP contribution in [0.5, 0.6) is 0 Å². The van der Waals surface area contributed by atoms with E-state index in [2.05, 4.69) is 39.9 Å². The zero-order chi connectivity index (χ0) is 14.2. The number of hydrogen-bond donors (Lipinski definition) is 3. The molecular weight excluding hydrogens is 262 g/mol. The number of fused-ring (bicyclic) bond motifs is 3. The van der Waals surface area contributed by atoms with E-state index in [9.17, 15) is 4.79 Å². The molecule has 4 heteroatoms. The maximum absolute atomic E-state index is 11.3. The average Bonchev–Trinajstić information content (AvgIpc) is 2.89. The molecule has 2 heterocycles. The molecule has 0 bridgehead atoms. The minimum Gasteiger partial charge on any atom is -0.357 e. The highest BCUT2D eigenvalue weighted by Gasteiger charge is 2.27. The molecule has 4 nitrogen and oxygen atoms in total. The molecule has 0 spiro atoms. The summed E-state index contributed by atoms with van der Waals surface area (Å²) in [6, 6.07) is 9.36. The number of carbonyl (C=O) groups excluding carboxylic acids is 1. The van der Waals surface area contributed by atoms with Crippen LogP contribution in [0.15, 0.2) is 24.3 Å². The molecule has 1 aromatic carbocycles. The van der Waals surface area contributed by atoms with Crippen molar-refractivity contribution in [3.8, 4) is 0 Å². The van der Waals surface area contributed by atoms with Crippen molar-refractivity contribution >= 4 is 16.8 Å². The summed E-state index contributed by atoms with van der Waals surface area (Å²) >= 11 is 0. The van der Waals surface area contributed by atoms with Gasteiger partial charge in [-0.25, -0.2) is 0 Å². The number of aryl methyl sites for hydroxylation is 1. The van der Waals surface area contributed by atoms with Gasteiger partial charge < -0.3 is 15.6 Å². The molecule has 2 atom stereocenters. The molecule has 1 aliphatic carbocycles. The van der Waals surface area contributed by atoms with Gasteiger partial charge in [0.25, 0.3) is 0 Å². The number of aromatic nitrogens is 1. The number of carbonyl (C=O) groups is 1. The lowest BCUT2D eigenvalue weighted by atomic mass is 9.90. The van der Waals surface area contributed by atoms with Crippen LogP contribution in [0.25, 0.3) is 10.9 Å². The van der Waals surface area contributed by atoms with Crippen molar-refractivity contribution in [2.24, 2.45) is 0 Å². The molecule has 1 fully saturated rings. The van der Waals surface area contributed by atoms with Gasteiger partial charge in [-0.15, -0.1) is 0 Å². The molecule has 2 unspecified atom stereocenters. The minimum absolute atomic E-state index is 0.183. The molecule has 4 rings (SSSR count). The predicted molar refractivity (Wildman–Crippen MR) is 83.1 cm³/mol. The monoisotopic (exact) mass is 283 g/mol. The van der Waals surface area contributed by atoms with Crippen LogP contribution in [0.4, 0.5) is 0 Å². The third kappa shape index (κ3) is 2.33. The summed E-state index contributed by atoms with van der Waals surface area (Å²) in [5.41, 5.74) is 4.08. The van der Waals surface area contributed by atoms with Gasteiger partial charge >= 0.3 is 0 Å². The lowest BCUT2D eigenvalue weighted by Gasteiger charge is -2.31. The Labute approximate surface area is 124 Å². The number of piperidine rings is 1. The fraction of sp³-hybridized carbons (Fsp3) is 0.471. The van der Waals surface area contributed by atoms with Gasteiger partial charge in [0.15, 0.2) is 0 Å². The second-order valence-electron chi connectivity index (χ2n) is 6.21. The molecule has 1 saturated heterocycles. The fourth-order valence-electron chi connectivity index (χ4n) is 3.74. The molecule has 3 N–H and O–H groups in total. The standard InChI is InChI=1S/C17H21N3O/c21-16-9-8-11(10-18-16)19-15-7-3-5-13-12-4-1-2-6-14(12)20-17(13)15/h1-2,4,6,11,15,19-20H,3,5,7-10H2,(H,18,21). The SMILES string of the molecule is O=C1CCC(NC2CCCc3c2[nH]c2ccccc32)CN1. The van der Waals surface area contributed by atoms with Crippen molar-refractivity contribution in [3.63, 3.8) is 0 Å². The van der Waals surface area contributed by atoms with Crippen LogP contribution in [0, 0.1) is 0 Å². The van der Waals surface area contributed by atoms with Crippen LogP contribution in [-0.4, -0.2) is 23.5 Å². The van der Waals surface area contributed by atoms with Crippen molar-refractivity contribution in [1.29, 1.82) is 0 Å². The lowest BCUT2D eigenvalue weighted by Crippen LogP contribution is -2.47. The van der Waals surface area contributed by atoms with E-state index < -0.39 is 0 Å². The van der Waals surface area contributed by atoms with E-state index in [1.54, 1.807) is 0 Å². The van der Waals surface area contributed by atoms with Gasteiger partial charge in [0.05, 0.1) is 0 Å². The Balaban J connectivity index is 1.60. The molecule has 0 radical (unpaired) electrons. The van der Waals surface area contributed by atoms with Gasteiger partial charge in [-0.1, -0.05) is 18.2 Å². The van der Waals surface area contributed by atoms with Crippen molar-refractivity contribution in [2.75, 3.05) is 6.54 Å². The number of amides is 1. The summed E-state index contributed by atoms with van der Waals surface area (Å²) in [5, 5.41) is 8.08. The Morgan fingerprint density at radius 3 is 2.90 bits per heavy atom. The van der Waals surface area contributed by atoms with E-state index in [0.717, 1.165) is 13.0 Å². The topological polar surface area (TPSA) is 56.9 Å². The highest BCUT2D eigenvalue weighted by atomic mass is 16.1. The molecule has 1 amide bonds. The van der Waals surface area contributed by atoms with Gasteiger partial charge in [0.2, 0.25) is 5.91 Å². The average molecular weight is 283 g/mol. The summed E-state index contributed by atoms with van der Waals surface area (Å²) < 4.78 is 0. The smallest absolute Gasteiger partial charge is 0.220 e. The van der Waals surface area contributed by atoms with Crippen LogP contribution in [0.2, 0.25) is 0 Å². The fourth-order valence-corrected chi connectivity index (χ4v) is 3.74. The first kappa shape index (κ1) is 12.9. The van der Waals surface area contributed by atoms with Gasteiger partial charge in [-0.05, 0) is 37.3 Å². The molecule has 1 aromatic heterocycles. The van der Waals surface area contributed by atoms with Crippen LogP contribution < -0.4 is 10.6 Å². The molecular formula is C17H21N3O. The van der Waals surface area contributed by atoms with Gasteiger partial charge in [-0.2, -0.15) is 0 Å². The molecule has 110 valence electrons. The zero-order valence-corrected chi connectivity index (χ0v) is 12.1. The Morgan fingerprint density at radius 2 is 2.05 bits per heavy atom. The normalized spacial score (nSPS) is 25.6. The van der Waals surface area contributed by atoms with Crippen molar-refractivity contribution in [2.45, 2.75) is 44.2 Å².